The first-order chi connectivity index (χ1) is 9.99. The summed E-state index contributed by atoms with van der Waals surface area (Å²) in [6.07, 6.45) is 1.58. The Bertz CT molecular complexity index is 594. The predicted molar refractivity (Wildman–Crippen MR) is 80.8 cm³/mol. The van der Waals surface area contributed by atoms with Crippen LogP contribution < -0.4 is 11.1 Å². The number of nitrogens with two attached hydrogens (primary N) is 1. The SMILES string of the molecule is CC(NC(=O)CSc1nnc(N)n1C(C)C)c1ccco1. The third-order valence-corrected chi connectivity index (χ3v) is 3.83. The van der Waals surface area contributed by atoms with Gasteiger partial charge in [-0.1, -0.05) is 11.8 Å². The number of aromatic nitrogens is 3. The van der Waals surface area contributed by atoms with Crippen molar-refractivity contribution in [1.29, 1.82) is 0 Å². The van der Waals surface area contributed by atoms with E-state index in [-0.39, 0.29) is 23.7 Å². The molecule has 0 spiro atoms. The molecule has 0 aromatic carbocycles. The lowest BCUT2D eigenvalue weighted by Gasteiger charge is -2.13. The maximum absolute atomic E-state index is 11.9. The molecule has 7 nitrogen and oxygen atoms in total. The van der Waals surface area contributed by atoms with Crippen LogP contribution in [0.3, 0.4) is 0 Å². The van der Waals surface area contributed by atoms with Crippen LogP contribution in [0.25, 0.3) is 0 Å². The number of nitrogen functional groups attached to an aromatic ring is 1. The third-order valence-electron chi connectivity index (χ3n) is 2.89. The maximum atomic E-state index is 11.9. The van der Waals surface area contributed by atoms with Gasteiger partial charge in [0.1, 0.15) is 5.76 Å². The summed E-state index contributed by atoms with van der Waals surface area (Å²) in [5.74, 6) is 1.23. The first-order valence-electron chi connectivity index (χ1n) is 6.65. The largest absolute Gasteiger partial charge is 0.467 e. The summed E-state index contributed by atoms with van der Waals surface area (Å²) in [7, 11) is 0. The molecule has 114 valence electrons. The molecule has 0 radical (unpaired) electrons. The summed E-state index contributed by atoms with van der Waals surface area (Å²) in [6, 6.07) is 3.60. The monoisotopic (exact) mass is 309 g/mol. The summed E-state index contributed by atoms with van der Waals surface area (Å²) in [6.45, 7) is 5.85. The Labute approximate surface area is 127 Å². The summed E-state index contributed by atoms with van der Waals surface area (Å²) < 4.78 is 7.05. The number of carbonyl (C=O) groups is 1. The first-order valence-corrected chi connectivity index (χ1v) is 7.63. The van der Waals surface area contributed by atoms with Crippen LogP contribution in [0, 0.1) is 0 Å². The minimum absolute atomic E-state index is 0.0965. The molecule has 0 aliphatic heterocycles. The molecule has 1 unspecified atom stereocenters. The fourth-order valence-electron chi connectivity index (χ4n) is 1.89. The zero-order chi connectivity index (χ0) is 15.4. The number of nitrogens with zero attached hydrogens (tertiary/aromatic N) is 3. The van der Waals surface area contributed by atoms with Crippen LogP contribution in [-0.2, 0) is 4.79 Å². The standard InChI is InChI=1S/C13H19N5O2S/c1-8(2)18-12(14)16-17-13(18)21-7-11(19)15-9(3)10-5-4-6-20-10/h4-6,8-9H,7H2,1-3H3,(H2,14,16)(H,15,19). The van der Waals surface area contributed by atoms with E-state index in [9.17, 15) is 4.79 Å². The molecule has 21 heavy (non-hydrogen) atoms. The molecular weight excluding hydrogens is 290 g/mol. The van der Waals surface area contributed by atoms with Crippen LogP contribution in [0.5, 0.6) is 0 Å². The normalized spacial score (nSPS) is 12.6. The Morgan fingerprint density at radius 1 is 1.48 bits per heavy atom. The van der Waals surface area contributed by atoms with Gasteiger partial charge in [0.25, 0.3) is 0 Å². The predicted octanol–water partition coefficient (Wildman–Crippen LogP) is 2.00. The molecule has 0 bridgehead atoms. The third kappa shape index (κ3) is 3.78. The zero-order valence-electron chi connectivity index (χ0n) is 12.2. The van der Waals surface area contributed by atoms with Crippen molar-refractivity contribution in [2.75, 3.05) is 11.5 Å². The van der Waals surface area contributed by atoms with E-state index in [1.54, 1.807) is 16.9 Å². The quantitative estimate of drug-likeness (QED) is 0.792. The zero-order valence-corrected chi connectivity index (χ0v) is 13.1. The second-order valence-electron chi connectivity index (χ2n) is 4.90. The lowest BCUT2D eigenvalue weighted by atomic mass is 10.2. The maximum Gasteiger partial charge on any atom is 0.231 e. The van der Waals surface area contributed by atoms with Crippen LogP contribution in [0.15, 0.2) is 28.0 Å². The Morgan fingerprint density at radius 2 is 2.24 bits per heavy atom. The fourth-order valence-corrected chi connectivity index (χ4v) is 2.78. The minimum atomic E-state index is -0.166. The van der Waals surface area contributed by atoms with Gasteiger partial charge in [-0.15, -0.1) is 10.2 Å². The molecule has 0 aliphatic carbocycles. The second kappa shape index (κ2) is 6.66. The molecule has 2 heterocycles. The number of anilines is 1. The van der Waals surface area contributed by atoms with Crippen molar-refractivity contribution in [2.24, 2.45) is 0 Å². The van der Waals surface area contributed by atoms with Gasteiger partial charge >= 0.3 is 0 Å². The molecule has 0 aliphatic rings. The Balaban J connectivity index is 1.90. The second-order valence-corrected chi connectivity index (χ2v) is 5.84. The Kier molecular flexibility index (Phi) is 4.89. The molecule has 0 fully saturated rings. The lowest BCUT2D eigenvalue weighted by Crippen LogP contribution is -2.28. The number of hydrogen-bond donors (Lipinski definition) is 2. The number of carbonyl (C=O) groups excluding carboxylic acids is 1. The van der Waals surface area contributed by atoms with E-state index >= 15 is 0 Å². The van der Waals surface area contributed by atoms with Gasteiger partial charge in [-0.2, -0.15) is 0 Å². The molecule has 3 N–H and O–H groups in total. The molecule has 2 aromatic heterocycles. The summed E-state index contributed by atoms with van der Waals surface area (Å²) in [5, 5.41) is 11.3. The Hall–Kier alpha value is -1.96. The van der Waals surface area contributed by atoms with E-state index in [0.29, 0.717) is 11.1 Å². The van der Waals surface area contributed by atoms with E-state index in [1.807, 2.05) is 26.8 Å². The molecular formula is C13H19N5O2S. The van der Waals surface area contributed by atoms with Gasteiger partial charge in [0.15, 0.2) is 5.16 Å². The van der Waals surface area contributed by atoms with Gasteiger partial charge < -0.3 is 15.5 Å². The highest BCUT2D eigenvalue weighted by molar-refractivity contribution is 7.99. The van der Waals surface area contributed by atoms with Gasteiger partial charge in [0.05, 0.1) is 18.1 Å². The molecule has 2 aromatic rings. The summed E-state index contributed by atoms with van der Waals surface area (Å²) >= 11 is 1.31. The molecule has 8 heteroatoms. The highest BCUT2D eigenvalue weighted by atomic mass is 32.2. The lowest BCUT2D eigenvalue weighted by molar-refractivity contribution is -0.119. The molecule has 0 saturated heterocycles. The molecule has 1 atom stereocenters. The van der Waals surface area contributed by atoms with Gasteiger partial charge in [-0.25, -0.2) is 0 Å². The van der Waals surface area contributed by atoms with Crippen molar-refractivity contribution in [2.45, 2.75) is 38.0 Å². The summed E-state index contributed by atoms with van der Waals surface area (Å²) in [4.78, 5) is 11.9. The van der Waals surface area contributed by atoms with Crippen molar-refractivity contribution in [3.8, 4) is 0 Å². The van der Waals surface area contributed by atoms with Gasteiger partial charge in [0, 0.05) is 6.04 Å². The van der Waals surface area contributed by atoms with E-state index in [4.69, 9.17) is 10.2 Å². The van der Waals surface area contributed by atoms with Crippen LogP contribution in [0.1, 0.15) is 38.6 Å². The number of thioether (sulfide) groups is 1. The Morgan fingerprint density at radius 3 is 2.86 bits per heavy atom. The number of amides is 1. The summed E-state index contributed by atoms with van der Waals surface area (Å²) in [5.41, 5.74) is 5.76. The number of rotatable bonds is 6. The van der Waals surface area contributed by atoms with Crippen LogP contribution in [-0.4, -0.2) is 26.4 Å². The van der Waals surface area contributed by atoms with Gasteiger partial charge in [0.2, 0.25) is 11.9 Å². The minimum Gasteiger partial charge on any atom is -0.467 e. The highest BCUT2D eigenvalue weighted by Crippen LogP contribution is 2.22. The van der Waals surface area contributed by atoms with Crippen molar-refractivity contribution >= 4 is 23.6 Å². The average molecular weight is 309 g/mol. The average Bonchev–Trinajstić information content (AvgIpc) is 3.05. The first kappa shape index (κ1) is 15.4. The molecule has 1 amide bonds. The van der Waals surface area contributed by atoms with Crippen molar-refractivity contribution < 1.29 is 9.21 Å². The van der Waals surface area contributed by atoms with Gasteiger partial charge in [-0.05, 0) is 32.9 Å². The number of furan rings is 1. The van der Waals surface area contributed by atoms with E-state index in [2.05, 4.69) is 15.5 Å². The molecule has 2 rings (SSSR count). The smallest absolute Gasteiger partial charge is 0.231 e. The van der Waals surface area contributed by atoms with Crippen LogP contribution >= 0.6 is 11.8 Å². The number of hydrogen-bond acceptors (Lipinski definition) is 6. The van der Waals surface area contributed by atoms with E-state index in [0.717, 1.165) is 5.76 Å². The molecule has 0 saturated carbocycles. The highest BCUT2D eigenvalue weighted by Gasteiger charge is 2.16. The van der Waals surface area contributed by atoms with Crippen LogP contribution in [0.2, 0.25) is 0 Å². The van der Waals surface area contributed by atoms with E-state index < -0.39 is 0 Å². The number of nitrogens with one attached hydrogen (secondary N) is 1. The topological polar surface area (TPSA) is 99.0 Å². The van der Waals surface area contributed by atoms with Crippen LogP contribution in [0.4, 0.5) is 5.95 Å². The van der Waals surface area contributed by atoms with Crippen molar-refractivity contribution in [3.05, 3.63) is 24.2 Å². The van der Waals surface area contributed by atoms with Gasteiger partial charge in [-0.3, -0.25) is 9.36 Å². The van der Waals surface area contributed by atoms with E-state index in [1.165, 1.54) is 11.8 Å². The van der Waals surface area contributed by atoms with Crippen molar-refractivity contribution in [3.63, 3.8) is 0 Å². The van der Waals surface area contributed by atoms with Crippen molar-refractivity contribution in [1.82, 2.24) is 20.1 Å². The fraction of sp³-hybridized carbons (Fsp3) is 0.462.